The van der Waals surface area contributed by atoms with Crippen LogP contribution in [0.1, 0.15) is 41.5 Å². The van der Waals surface area contributed by atoms with Crippen molar-refractivity contribution in [2.45, 2.75) is 83.1 Å². The van der Waals surface area contributed by atoms with E-state index in [1.54, 1.807) is 7.11 Å². The van der Waals surface area contributed by atoms with E-state index in [1.165, 1.54) is 6.92 Å². The van der Waals surface area contributed by atoms with E-state index >= 15 is 0 Å². The molecule has 0 radical (unpaired) electrons. The molecule has 2 heterocycles. The number of ether oxygens (including phenoxy) is 5. The van der Waals surface area contributed by atoms with Gasteiger partial charge in [-0.1, -0.05) is 93.3 Å². The second kappa shape index (κ2) is 11.3. The summed E-state index contributed by atoms with van der Waals surface area (Å²) < 4.78 is 36.9. The van der Waals surface area contributed by atoms with Crippen molar-refractivity contribution in [2.75, 3.05) is 13.7 Å². The lowest BCUT2D eigenvalue weighted by Gasteiger charge is -2.45. The fourth-order valence-electron chi connectivity index (χ4n) is 5.37. The highest BCUT2D eigenvalue weighted by Gasteiger charge is 2.60. The summed E-state index contributed by atoms with van der Waals surface area (Å²) in [6.45, 7) is 11.7. The van der Waals surface area contributed by atoms with Gasteiger partial charge in [-0.15, -0.1) is 0 Å². The predicted molar refractivity (Wildman–Crippen MR) is 146 cm³/mol. The molecule has 2 aromatic rings. The number of carbonyl (C=O) groups excluding carboxylic acids is 1. The molecule has 0 unspecified atom stereocenters. The van der Waals surface area contributed by atoms with Crippen molar-refractivity contribution in [3.8, 4) is 11.8 Å². The van der Waals surface area contributed by atoms with Crippen molar-refractivity contribution >= 4 is 24.7 Å². The summed E-state index contributed by atoms with van der Waals surface area (Å²) >= 11 is 0. The lowest BCUT2D eigenvalue weighted by molar-refractivity contribution is -0.233. The maximum absolute atomic E-state index is 11.4. The van der Waals surface area contributed by atoms with Gasteiger partial charge in [0.2, 0.25) is 0 Å². The fourth-order valence-corrected chi connectivity index (χ4v) is 9.95. The maximum Gasteiger partial charge on any atom is 0.303 e. The highest BCUT2D eigenvalue weighted by Crippen LogP contribution is 2.43. The fraction of sp³-hybridized carbons (Fsp3) is 0.500. The van der Waals surface area contributed by atoms with Crippen LogP contribution in [0.4, 0.5) is 0 Å². The van der Waals surface area contributed by atoms with Gasteiger partial charge in [0.05, 0.1) is 0 Å². The van der Waals surface area contributed by atoms with E-state index in [-0.39, 0.29) is 11.6 Å². The van der Waals surface area contributed by atoms with E-state index in [2.05, 4.69) is 56.9 Å². The number of carbonyl (C=O) groups is 1. The number of methoxy groups -OCH3 is 1. The molecule has 38 heavy (non-hydrogen) atoms. The topological polar surface area (TPSA) is 72.5 Å². The molecule has 2 aliphatic rings. The molecule has 7 nitrogen and oxygen atoms in total. The van der Waals surface area contributed by atoms with Crippen LogP contribution in [0.25, 0.3) is 0 Å². The van der Waals surface area contributed by atoms with Crippen LogP contribution in [-0.4, -0.2) is 64.5 Å². The molecule has 0 spiro atoms. The van der Waals surface area contributed by atoms with Gasteiger partial charge in [0.25, 0.3) is 8.32 Å². The smallest absolute Gasteiger partial charge is 0.303 e. The van der Waals surface area contributed by atoms with Gasteiger partial charge < -0.3 is 28.1 Å². The number of hydrogen-bond acceptors (Lipinski definition) is 7. The van der Waals surface area contributed by atoms with Gasteiger partial charge in [0.15, 0.2) is 18.7 Å². The quantitative estimate of drug-likeness (QED) is 0.304. The summed E-state index contributed by atoms with van der Waals surface area (Å²) in [7, 11) is -1.41. The van der Waals surface area contributed by atoms with Crippen LogP contribution in [0.2, 0.25) is 5.04 Å². The van der Waals surface area contributed by atoms with Crippen molar-refractivity contribution in [3.63, 3.8) is 0 Å². The third-order valence-corrected chi connectivity index (χ3v) is 11.9. The first-order valence-corrected chi connectivity index (χ1v) is 14.8. The van der Waals surface area contributed by atoms with Gasteiger partial charge in [-0.2, -0.15) is 0 Å². The molecule has 5 atom stereocenters. The van der Waals surface area contributed by atoms with Crippen molar-refractivity contribution < 1.29 is 32.9 Å². The molecule has 0 aromatic heterocycles. The van der Waals surface area contributed by atoms with Gasteiger partial charge in [-0.25, -0.2) is 0 Å². The van der Waals surface area contributed by atoms with Crippen LogP contribution in [0, 0.1) is 11.8 Å². The minimum atomic E-state index is -3.00. The monoisotopic (exact) mass is 538 g/mol. The molecule has 2 fully saturated rings. The first-order valence-electron chi connectivity index (χ1n) is 12.9. The Hall–Kier alpha value is -2.51. The minimum Gasteiger partial charge on any atom is -0.453 e. The van der Waals surface area contributed by atoms with Crippen LogP contribution in [-0.2, 0) is 32.9 Å². The zero-order valence-electron chi connectivity index (χ0n) is 23.2. The third kappa shape index (κ3) is 5.74. The highest BCUT2D eigenvalue weighted by atomic mass is 28.4. The second-order valence-electron chi connectivity index (χ2n) is 11.1. The molecule has 4 rings (SSSR count). The van der Waals surface area contributed by atoms with Crippen molar-refractivity contribution in [1.29, 1.82) is 0 Å². The van der Waals surface area contributed by atoms with Crippen molar-refractivity contribution in [3.05, 3.63) is 60.7 Å². The Morgan fingerprint density at radius 1 is 1.00 bits per heavy atom. The number of hydrogen-bond donors (Lipinski definition) is 0. The van der Waals surface area contributed by atoms with E-state index in [0.29, 0.717) is 0 Å². The summed E-state index contributed by atoms with van der Waals surface area (Å²) in [6.07, 6.45) is -2.84. The van der Waals surface area contributed by atoms with E-state index in [1.807, 2.05) is 50.2 Å². The number of rotatable bonds is 7. The Morgan fingerprint density at radius 3 is 2.05 bits per heavy atom. The highest BCUT2D eigenvalue weighted by molar-refractivity contribution is 6.99. The maximum atomic E-state index is 11.4. The standard InChI is InChI=1S/C30H38O7Si/c1-21(31)33-20-14-19-24(25-26-27(28(32-7)34-25)36-30(5,6)35-26)37-38(29(2,3)4,22-15-10-8-11-16-22)23-17-12-9-13-18-23/h8-13,15-18,24-28H,20H2,1-7H3/t24-,25-,26-,27-,28-/m1/s1. The lowest BCUT2D eigenvalue weighted by Crippen LogP contribution is -2.68. The van der Waals surface area contributed by atoms with E-state index < -0.39 is 50.8 Å². The van der Waals surface area contributed by atoms with Crippen LogP contribution in [0.3, 0.4) is 0 Å². The molecule has 0 amide bonds. The van der Waals surface area contributed by atoms with Crippen LogP contribution < -0.4 is 10.4 Å². The number of esters is 1. The van der Waals surface area contributed by atoms with Gasteiger partial charge in [0, 0.05) is 14.0 Å². The number of benzene rings is 2. The van der Waals surface area contributed by atoms with Gasteiger partial charge in [-0.05, 0) is 29.3 Å². The Kier molecular flexibility index (Phi) is 8.48. The predicted octanol–water partition coefficient (Wildman–Crippen LogP) is 3.39. The molecule has 204 valence electrons. The summed E-state index contributed by atoms with van der Waals surface area (Å²) in [5, 5.41) is 1.95. The Bertz CT molecular complexity index is 1110. The van der Waals surface area contributed by atoms with Gasteiger partial charge in [0.1, 0.15) is 24.4 Å². The molecule has 0 saturated carbocycles. The Morgan fingerprint density at radius 2 is 1.55 bits per heavy atom. The SMILES string of the molecule is CO[C@@H]1O[C@H]([C@@H](C#CCOC(C)=O)O[Si](c2ccccc2)(c2ccccc2)C(C)(C)C)[C@H]2OC(C)(C)O[C@@H]12. The zero-order valence-corrected chi connectivity index (χ0v) is 24.2. The van der Waals surface area contributed by atoms with E-state index in [0.717, 1.165) is 10.4 Å². The first kappa shape index (κ1) is 28.5. The van der Waals surface area contributed by atoms with Crippen LogP contribution in [0.5, 0.6) is 0 Å². The first-order chi connectivity index (χ1) is 18.0. The van der Waals surface area contributed by atoms with Crippen molar-refractivity contribution in [1.82, 2.24) is 0 Å². The molecule has 2 saturated heterocycles. The molecule has 8 heteroatoms. The normalized spacial score (nSPS) is 25.2. The summed E-state index contributed by atoms with van der Waals surface area (Å²) in [5.74, 6) is 5.03. The third-order valence-electron chi connectivity index (χ3n) is 6.89. The average Bonchev–Trinajstić information content (AvgIpc) is 3.36. The van der Waals surface area contributed by atoms with Gasteiger partial charge in [-0.3, -0.25) is 4.79 Å². The van der Waals surface area contributed by atoms with Crippen LogP contribution >= 0.6 is 0 Å². The lowest BCUT2D eigenvalue weighted by atomic mass is 10.1. The van der Waals surface area contributed by atoms with Crippen LogP contribution in [0.15, 0.2) is 60.7 Å². The van der Waals surface area contributed by atoms with Crippen molar-refractivity contribution in [2.24, 2.45) is 0 Å². The molecule has 2 aliphatic heterocycles. The molecule has 0 N–H and O–H groups in total. The Balaban J connectivity index is 1.84. The summed E-state index contributed by atoms with van der Waals surface area (Å²) in [4.78, 5) is 11.4. The molecule has 2 aromatic carbocycles. The Labute approximate surface area is 226 Å². The number of fused-ring (bicyclic) bond motifs is 1. The zero-order chi connectivity index (χ0) is 27.6. The summed E-state index contributed by atoms with van der Waals surface area (Å²) in [6, 6.07) is 20.7. The summed E-state index contributed by atoms with van der Waals surface area (Å²) in [5.41, 5.74) is 0. The molecular weight excluding hydrogens is 500 g/mol. The van der Waals surface area contributed by atoms with E-state index in [9.17, 15) is 4.79 Å². The minimum absolute atomic E-state index is 0.0483. The molecule has 0 aliphatic carbocycles. The largest absolute Gasteiger partial charge is 0.453 e. The van der Waals surface area contributed by atoms with E-state index in [4.69, 9.17) is 28.1 Å². The average molecular weight is 539 g/mol. The second-order valence-corrected chi connectivity index (χ2v) is 15.3. The van der Waals surface area contributed by atoms with Gasteiger partial charge >= 0.3 is 5.97 Å². The molecule has 0 bridgehead atoms. The molecular formula is C30H38O7Si.